The van der Waals surface area contributed by atoms with Crippen LogP contribution in [0.25, 0.3) is 0 Å². The summed E-state index contributed by atoms with van der Waals surface area (Å²) in [6.45, 7) is 1.85. The molecule has 0 aliphatic carbocycles. The Balaban J connectivity index is 1.66. The van der Waals surface area contributed by atoms with Crippen LogP contribution in [0.1, 0.15) is 17.5 Å². The zero-order chi connectivity index (χ0) is 26.8. The smallest absolute Gasteiger partial charge is 0.265 e. The van der Waals surface area contributed by atoms with Crippen molar-refractivity contribution < 1.29 is 27.1 Å². The Morgan fingerprint density at radius 1 is 1.00 bits per heavy atom. The first-order chi connectivity index (χ1) is 17.8. The van der Waals surface area contributed by atoms with E-state index in [1.165, 1.54) is 61.7 Å². The van der Waals surface area contributed by atoms with Crippen molar-refractivity contribution in [3.63, 3.8) is 0 Å². The molecule has 1 amide bonds. The summed E-state index contributed by atoms with van der Waals surface area (Å²) in [4.78, 5) is 12.6. The number of nitrogens with zero attached hydrogens (tertiary/aromatic N) is 1. The zero-order valence-electron chi connectivity index (χ0n) is 21.1. The van der Waals surface area contributed by atoms with Gasteiger partial charge in [0.15, 0.2) is 11.5 Å². The van der Waals surface area contributed by atoms with E-state index in [1.807, 2.05) is 6.92 Å². The van der Waals surface area contributed by atoms with Crippen molar-refractivity contribution in [2.45, 2.75) is 24.0 Å². The molecule has 0 fully saturated rings. The van der Waals surface area contributed by atoms with Crippen LogP contribution in [-0.2, 0) is 20.6 Å². The maximum atomic E-state index is 14.7. The molecule has 0 atom stereocenters. The number of hydrogen-bond donors (Lipinski definition) is 1. The predicted octanol–water partition coefficient (Wildman–Crippen LogP) is 4.79. The van der Waals surface area contributed by atoms with E-state index in [4.69, 9.17) is 9.47 Å². The van der Waals surface area contributed by atoms with Gasteiger partial charge in [0.2, 0.25) is 5.91 Å². The summed E-state index contributed by atoms with van der Waals surface area (Å²) in [5.74, 6) is 0.956. The molecule has 0 bridgehead atoms. The number of carbonyl (C=O) groups is 1. The third kappa shape index (κ3) is 7.62. The van der Waals surface area contributed by atoms with Crippen LogP contribution >= 0.6 is 11.8 Å². The molecule has 0 spiro atoms. The van der Waals surface area contributed by atoms with Gasteiger partial charge in [-0.2, -0.15) is 11.8 Å². The lowest BCUT2D eigenvalue weighted by atomic mass is 10.2. The van der Waals surface area contributed by atoms with Crippen LogP contribution in [0.3, 0.4) is 0 Å². The monoisotopic (exact) mass is 546 g/mol. The molecule has 0 saturated heterocycles. The Morgan fingerprint density at radius 3 is 2.38 bits per heavy atom. The van der Waals surface area contributed by atoms with Crippen molar-refractivity contribution in [1.29, 1.82) is 0 Å². The summed E-state index contributed by atoms with van der Waals surface area (Å²) in [7, 11) is -1.49. The van der Waals surface area contributed by atoms with Crippen LogP contribution in [0.5, 0.6) is 11.5 Å². The van der Waals surface area contributed by atoms with E-state index in [0.717, 1.165) is 21.9 Å². The molecule has 1 N–H and O–H groups in total. The summed E-state index contributed by atoms with van der Waals surface area (Å²) in [5, 5.41) is 2.75. The van der Waals surface area contributed by atoms with Gasteiger partial charge in [-0.1, -0.05) is 42.0 Å². The quantitative estimate of drug-likeness (QED) is 0.311. The lowest BCUT2D eigenvalue weighted by Crippen LogP contribution is -2.41. The van der Waals surface area contributed by atoms with E-state index < -0.39 is 28.3 Å². The number of carbonyl (C=O) groups excluding carboxylic acids is 1. The molecular weight excluding hydrogens is 515 g/mol. The van der Waals surface area contributed by atoms with Crippen LogP contribution in [0.4, 0.5) is 10.1 Å². The van der Waals surface area contributed by atoms with Crippen molar-refractivity contribution in [2.24, 2.45) is 0 Å². The van der Waals surface area contributed by atoms with Crippen molar-refractivity contribution in [1.82, 2.24) is 5.32 Å². The summed E-state index contributed by atoms with van der Waals surface area (Å²) in [6.07, 6.45) is 0.713. The van der Waals surface area contributed by atoms with E-state index in [-0.39, 0.29) is 16.3 Å². The summed E-state index contributed by atoms with van der Waals surface area (Å²) in [5.41, 5.74) is 2.23. The van der Waals surface area contributed by atoms with Gasteiger partial charge in [0.25, 0.3) is 10.0 Å². The zero-order valence-corrected chi connectivity index (χ0v) is 22.7. The van der Waals surface area contributed by atoms with Gasteiger partial charge in [0.1, 0.15) is 12.4 Å². The summed E-state index contributed by atoms with van der Waals surface area (Å²) >= 11 is 1.76. The van der Waals surface area contributed by atoms with Crippen molar-refractivity contribution in [2.75, 3.05) is 37.4 Å². The molecule has 0 saturated carbocycles. The standard InChI is InChI=1S/C27H31FN2O5S2/c1-20-9-11-21(12-10-20)19-36-16-6-15-29-27(31)18-30(24-8-5-4-7-23(24)28)37(32,33)22-13-14-25(34-2)26(17-22)35-3/h4-5,7-14,17H,6,15-16,18-19H2,1-3H3,(H,29,31). The molecule has 198 valence electrons. The number of para-hydroxylation sites is 1. The number of methoxy groups -OCH3 is 2. The van der Waals surface area contributed by atoms with Crippen LogP contribution < -0.4 is 19.1 Å². The first kappa shape index (κ1) is 28.3. The molecule has 0 aliphatic rings. The Hall–Kier alpha value is -3.24. The molecular formula is C27H31FN2O5S2. The molecule has 0 aliphatic heterocycles. The molecule has 3 aromatic carbocycles. The first-order valence-corrected chi connectivity index (χ1v) is 14.2. The Morgan fingerprint density at radius 2 is 1.70 bits per heavy atom. The van der Waals surface area contributed by atoms with Gasteiger partial charge < -0.3 is 14.8 Å². The highest BCUT2D eigenvalue weighted by Gasteiger charge is 2.30. The first-order valence-electron chi connectivity index (χ1n) is 11.7. The van der Waals surface area contributed by atoms with E-state index in [0.29, 0.717) is 18.7 Å². The average Bonchev–Trinajstić information content (AvgIpc) is 2.90. The fourth-order valence-electron chi connectivity index (χ4n) is 3.52. The lowest BCUT2D eigenvalue weighted by molar-refractivity contribution is -0.119. The molecule has 7 nitrogen and oxygen atoms in total. The van der Waals surface area contributed by atoms with Crippen molar-refractivity contribution in [3.05, 3.63) is 83.7 Å². The van der Waals surface area contributed by atoms with Gasteiger partial charge in [-0.15, -0.1) is 0 Å². The molecule has 3 rings (SSSR count). The number of aryl methyl sites for hydroxylation is 1. The van der Waals surface area contributed by atoms with E-state index >= 15 is 0 Å². The van der Waals surface area contributed by atoms with E-state index in [1.54, 1.807) is 11.8 Å². The SMILES string of the molecule is COc1ccc(S(=O)(=O)N(CC(=O)NCCCSCc2ccc(C)cc2)c2ccccc2F)cc1OC. The van der Waals surface area contributed by atoms with Gasteiger partial charge >= 0.3 is 0 Å². The molecule has 10 heteroatoms. The van der Waals surface area contributed by atoms with Crippen molar-refractivity contribution in [3.8, 4) is 11.5 Å². The number of sulfonamides is 1. The van der Waals surface area contributed by atoms with Crippen molar-refractivity contribution >= 4 is 33.4 Å². The highest BCUT2D eigenvalue weighted by Crippen LogP contribution is 2.32. The third-order valence-corrected chi connectivity index (χ3v) is 8.40. The second kappa shape index (κ2) is 13.3. The number of anilines is 1. The van der Waals surface area contributed by atoms with Gasteiger partial charge in [-0.05, 0) is 48.9 Å². The Labute approximate surface area is 222 Å². The maximum absolute atomic E-state index is 14.7. The minimum atomic E-state index is -4.31. The number of halogens is 1. The fourth-order valence-corrected chi connectivity index (χ4v) is 5.89. The highest BCUT2D eigenvalue weighted by molar-refractivity contribution is 7.98. The van der Waals surface area contributed by atoms with Gasteiger partial charge in [0.05, 0.1) is 24.8 Å². The Bertz CT molecular complexity index is 1300. The number of benzene rings is 3. The molecule has 37 heavy (non-hydrogen) atoms. The molecule has 3 aromatic rings. The number of amides is 1. The van der Waals surface area contributed by atoms with Gasteiger partial charge in [0, 0.05) is 18.4 Å². The Kier molecular flexibility index (Phi) is 10.2. The third-order valence-electron chi connectivity index (χ3n) is 5.53. The van der Waals surface area contributed by atoms with Gasteiger partial charge in [-0.3, -0.25) is 9.10 Å². The highest BCUT2D eigenvalue weighted by atomic mass is 32.2. The summed E-state index contributed by atoms with van der Waals surface area (Å²) < 4.78 is 52.9. The number of rotatable bonds is 13. The molecule has 0 heterocycles. The summed E-state index contributed by atoms with van der Waals surface area (Å²) in [6, 6.07) is 17.8. The number of thioether (sulfide) groups is 1. The predicted molar refractivity (Wildman–Crippen MR) is 145 cm³/mol. The fraction of sp³-hybridized carbons (Fsp3) is 0.296. The topological polar surface area (TPSA) is 84.9 Å². The van der Waals surface area contributed by atoms with E-state index in [9.17, 15) is 17.6 Å². The van der Waals surface area contributed by atoms with Crippen LogP contribution in [-0.4, -0.2) is 47.4 Å². The van der Waals surface area contributed by atoms with Gasteiger partial charge in [-0.25, -0.2) is 12.8 Å². The second-order valence-corrected chi connectivity index (χ2v) is 11.2. The molecule has 0 radical (unpaired) electrons. The number of nitrogens with one attached hydrogen (secondary N) is 1. The average molecular weight is 547 g/mol. The minimum absolute atomic E-state index is 0.159. The van der Waals surface area contributed by atoms with Crippen LogP contribution in [0.2, 0.25) is 0 Å². The van der Waals surface area contributed by atoms with Crippen LogP contribution in [0.15, 0.2) is 71.6 Å². The molecule has 0 unspecified atom stereocenters. The maximum Gasteiger partial charge on any atom is 0.265 e. The van der Waals surface area contributed by atoms with Crippen LogP contribution in [0, 0.1) is 12.7 Å². The largest absolute Gasteiger partial charge is 0.493 e. The lowest BCUT2D eigenvalue weighted by Gasteiger charge is -2.25. The minimum Gasteiger partial charge on any atom is -0.493 e. The second-order valence-electron chi connectivity index (χ2n) is 8.22. The normalized spacial score (nSPS) is 11.1. The number of hydrogen-bond acceptors (Lipinski definition) is 6. The molecule has 0 aromatic heterocycles. The number of ether oxygens (including phenoxy) is 2. The van der Waals surface area contributed by atoms with E-state index in [2.05, 4.69) is 29.6 Å².